The van der Waals surface area contributed by atoms with Crippen LogP contribution >= 0.6 is 0 Å². The fourth-order valence-corrected chi connectivity index (χ4v) is 1.80. The number of nitrogens with zero attached hydrogens (tertiary/aromatic N) is 1. The Morgan fingerprint density at radius 1 is 1.53 bits per heavy atom. The zero-order valence-electron chi connectivity index (χ0n) is 10.6. The van der Waals surface area contributed by atoms with Crippen molar-refractivity contribution in [2.75, 3.05) is 18.0 Å². The van der Waals surface area contributed by atoms with Gasteiger partial charge in [0.1, 0.15) is 5.82 Å². The minimum Gasteiger partial charge on any atom is -0.360 e. The molecule has 0 aliphatic heterocycles. The number of benzene rings is 1. The molecule has 0 fully saturated rings. The number of halogens is 1. The molecule has 0 aliphatic carbocycles. The molecule has 0 heterocycles. The number of terminal acetylenes is 1. The molecule has 0 spiro atoms. The zero-order chi connectivity index (χ0) is 13.0. The Morgan fingerprint density at radius 2 is 2.18 bits per heavy atom. The van der Waals surface area contributed by atoms with Crippen LogP contribution in [0.5, 0.6) is 0 Å². The van der Waals surface area contributed by atoms with E-state index in [1.807, 2.05) is 24.8 Å². The third kappa shape index (κ3) is 2.98. The summed E-state index contributed by atoms with van der Waals surface area (Å²) in [7, 11) is 0. The highest BCUT2D eigenvalue weighted by Gasteiger charge is 2.14. The van der Waals surface area contributed by atoms with Gasteiger partial charge in [0.15, 0.2) is 0 Å². The second kappa shape index (κ2) is 5.70. The number of nitrogens with two attached hydrogens (primary N) is 1. The Balaban J connectivity index is 3.29. The van der Waals surface area contributed by atoms with Gasteiger partial charge >= 0.3 is 0 Å². The molecule has 0 saturated heterocycles. The van der Waals surface area contributed by atoms with E-state index in [1.165, 1.54) is 6.07 Å². The first-order valence-corrected chi connectivity index (χ1v) is 5.75. The lowest BCUT2D eigenvalue weighted by molar-refractivity contribution is 0.612. The molecule has 0 bridgehead atoms. The Bertz CT molecular complexity index is 433. The molecular formula is C14H19FN2. The molecule has 2 nitrogen and oxygen atoms in total. The van der Waals surface area contributed by atoms with Crippen molar-refractivity contribution in [2.45, 2.75) is 26.8 Å². The highest BCUT2D eigenvalue weighted by atomic mass is 19.1. The normalized spacial score (nSPS) is 12.0. The van der Waals surface area contributed by atoms with Crippen LogP contribution in [0.25, 0.3) is 0 Å². The van der Waals surface area contributed by atoms with E-state index < -0.39 is 0 Å². The van der Waals surface area contributed by atoms with E-state index in [0.717, 1.165) is 17.8 Å². The molecule has 1 rings (SSSR count). The summed E-state index contributed by atoms with van der Waals surface area (Å²) in [6.07, 6.45) is 5.34. The van der Waals surface area contributed by atoms with Crippen LogP contribution in [0, 0.1) is 25.1 Å². The maximum Gasteiger partial charge on any atom is 0.126 e. The number of rotatable bonds is 4. The van der Waals surface area contributed by atoms with E-state index in [1.54, 1.807) is 6.92 Å². The monoisotopic (exact) mass is 234 g/mol. The van der Waals surface area contributed by atoms with E-state index in [-0.39, 0.29) is 11.9 Å². The van der Waals surface area contributed by atoms with Crippen LogP contribution < -0.4 is 10.6 Å². The summed E-state index contributed by atoms with van der Waals surface area (Å²) in [6.45, 7) is 6.88. The summed E-state index contributed by atoms with van der Waals surface area (Å²) in [6, 6.07) is 3.11. The average Bonchev–Trinajstić information content (AvgIpc) is 2.29. The van der Waals surface area contributed by atoms with Crippen molar-refractivity contribution in [2.24, 2.45) is 5.73 Å². The standard InChI is InChI=1S/C14H19FN2/c1-5-7-17(6-2)14-8-10(3)13(15)9-12(14)11(4)16/h1,8-9,11H,6-7,16H2,2-4H3. The van der Waals surface area contributed by atoms with Crippen LogP contribution in [0.3, 0.4) is 0 Å². The first kappa shape index (κ1) is 13.5. The second-order valence-electron chi connectivity index (χ2n) is 4.17. The summed E-state index contributed by atoms with van der Waals surface area (Å²) < 4.78 is 13.6. The van der Waals surface area contributed by atoms with Crippen LogP contribution in [0.2, 0.25) is 0 Å². The van der Waals surface area contributed by atoms with Gasteiger partial charge in [0.05, 0.1) is 6.54 Å². The molecule has 17 heavy (non-hydrogen) atoms. The summed E-state index contributed by atoms with van der Waals surface area (Å²) in [5, 5.41) is 0. The van der Waals surface area contributed by atoms with Crippen molar-refractivity contribution in [1.29, 1.82) is 0 Å². The molecular weight excluding hydrogens is 215 g/mol. The molecule has 0 aromatic heterocycles. The maximum absolute atomic E-state index is 13.6. The number of aryl methyl sites for hydroxylation is 1. The minimum absolute atomic E-state index is 0.216. The highest BCUT2D eigenvalue weighted by molar-refractivity contribution is 5.57. The largest absolute Gasteiger partial charge is 0.360 e. The Labute approximate surface area is 103 Å². The lowest BCUT2D eigenvalue weighted by Crippen LogP contribution is -2.25. The van der Waals surface area contributed by atoms with Gasteiger partial charge in [-0.2, -0.15) is 0 Å². The van der Waals surface area contributed by atoms with E-state index >= 15 is 0 Å². The van der Waals surface area contributed by atoms with Gasteiger partial charge in [0.25, 0.3) is 0 Å². The van der Waals surface area contributed by atoms with Gasteiger partial charge in [-0.1, -0.05) is 5.92 Å². The van der Waals surface area contributed by atoms with Gasteiger partial charge in [0, 0.05) is 18.3 Å². The van der Waals surface area contributed by atoms with Gasteiger partial charge in [0.2, 0.25) is 0 Å². The molecule has 0 aliphatic rings. The van der Waals surface area contributed by atoms with Gasteiger partial charge in [-0.25, -0.2) is 4.39 Å². The van der Waals surface area contributed by atoms with Crippen LogP contribution in [0.1, 0.15) is 31.0 Å². The minimum atomic E-state index is -0.224. The van der Waals surface area contributed by atoms with Crippen LogP contribution in [-0.4, -0.2) is 13.1 Å². The van der Waals surface area contributed by atoms with E-state index in [4.69, 9.17) is 12.2 Å². The van der Waals surface area contributed by atoms with Crippen molar-refractivity contribution in [3.63, 3.8) is 0 Å². The molecule has 1 unspecified atom stereocenters. The fraction of sp³-hybridized carbons (Fsp3) is 0.429. The number of anilines is 1. The first-order valence-electron chi connectivity index (χ1n) is 5.75. The Kier molecular flexibility index (Phi) is 4.53. The molecule has 0 radical (unpaired) electrons. The summed E-state index contributed by atoms with van der Waals surface area (Å²) in [4.78, 5) is 2.02. The fourth-order valence-electron chi connectivity index (χ4n) is 1.80. The van der Waals surface area contributed by atoms with Crippen molar-refractivity contribution in [3.8, 4) is 12.3 Å². The summed E-state index contributed by atoms with van der Waals surface area (Å²) in [5.74, 6) is 2.38. The van der Waals surface area contributed by atoms with Crippen LogP contribution in [-0.2, 0) is 0 Å². The number of hydrogen-bond acceptors (Lipinski definition) is 2. The molecule has 92 valence electrons. The van der Waals surface area contributed by atoms with E-state index in [0.29, 0.717) is 12.1 Å². The quantitative estimate of drug-likeness (QED) is 0.811. The Morgan fingerprint density at radius 3 is 2.65 bits per heavy atom. The van der Waals surface area contributed by atoms with E-state index in [2.05, 4.69) is 5.92 Å². The summed E-state index contributed by atoms with van der Waals surface area (Å²) >= 11 is 0. The Hall–Kier alpha value is -1.53. The van der Waals surface area contributed by atoms with Gasteiger partial charge in [-0.05, 0) is 44.0 Å². The topological polar surface area (TPSA) is 29.3 Å². The van der Waals surface area contributed by atoms with Crippen molar-refractivity contribution < 1.29 is 4.39 Å². The highest BCUT2D eigenvalue weighted by Crippen LogP contribution is 2.28. The number of hydrogen-bond donors (Lipinski definition) is 1. The van der Waals surface area contributed by atoms with Crippen molar-refractivity contribution >= 4 is 5.69 Å². The zero-order valence-corrected chi connectivity index (χ0v) is 10.6. The lowest BCUT2D eigenvalue weighted by Gasteiger charge is -2.25. The average molecular weight is 234 g/mol. The van der Waals surface area contributed by atoms with Crippen molar-refractivity contribution in [1.82, 2.24) is 0 Å². The van der Waals surface area contributed by atoms with Crippen molar-refractivity contribution in [3.05, 3.63) is 29.1 Å². The third-order valence-electron chi connectivity index (χ3n) is 2.80. The third-order valence-corrected chi connectivity index (χ3v) is 2.80. The van der Waals surface area contributed by atoms with Crippen LogP contribution in [0.4, 0.5) is 10.1 Å². The predicted octanol–water partition coefficient (Wildman–Crippen LogP) is 2.61. The predicted molar refractivity (Wildman–Crippen MR) is 70.5 cm³/mol. The molecule has 1 atom stereocenters. The van der Waals surface area contributed by atoms with Gasteiger partial charge in [-0.15, -0.1) is 6.42 Å². The molecule has 3 heteroatoms. The molecule has 2 N–H and O–H groups in total. The van der Waals surface area contributed by atoms with E-state index in [9.17, 15) is 4.39 Å². The van der Waals surface area contributed by atoms with Gasteiger partial charge < -0.3 is 10.6 Å². The molecule has 0 amide bonds. The lowest BCUT2D eigenvalue weighted by atomic mass is 10.0. The summed E-state index contributed by atoms with van der Waals surface area (Å²) in [5.41, 5.74) is 8.21. The second-order valence-corrected chi connectivity index (χ2v) is 4.17. The maximum atomic E-state index is 13.6. The molecule has 1 aromatic rings. The smallest absolute Gasteiger partial charge is 0.126 e. The van der Waals surface area contributed by atoms with Crippen LogP contribution in [0.15, 0.2) is 12.1 Å². The first-order chi connectivity index (χ1) is 8.01. The van der Waals surface area contributed by atoms with Gasteiger partial charge in [-0.3, -0.25) is 0 Å². The molecule has 1 aromatic carbocycles. The SMILES string of the molecule is C#CCN(CC)c1cc(C)c(F)cc1C(C)N. The molecule has 0 saturated carbocycles.